The van der Waals surface area contributed by atoms with Crippen LogP contribution in [0.15, 0.2) is 16.6 Å². The van der Waals surface area contributed by atoms with Crippen molar-refractivity contribution in [3.8, 4) is 22.3 Å². The van der Waals surface area contributed by atoms with Crippen LogP contribution in [0, 0.1) is 58.2 Å². The normalized spacial score (nSPS) is 11.3. The zero-order chi connectivity index (χ0) is 22.7. The Hall–Kier alpha value is -2.76. The van der Waals surface area contributed by atoms with Crippen LogP contribution < -0.4 is 5.73 Å². The standard InChI is InChI=1S/C18H4BrF10N/c19-3-1-4(6-8(20)12(24)16(28)13(25)9(6)21)18(30)5(2-3)7-10(22)14(26)17(29)15(27)11(7)23/h1-2H,30H2. The zero-order valence-corrected chi connectivity index (χ0v) is 15.5. The van der Waals surface area contributed by atoms with Gasteiger partial charge in [0.15, 0.2) is 46.5 Å². The summed E-state index contributed by atoms with van der Waals surface area (Å²) in [6.45, 7) is 0. The fourth-order valence-electron chi connectivity index (χ4n) is 2.71. The molecule has 3 aromatic rings. The Kier molecular flexibility index (Phi) is 5.48. The Bertz CT molecular complexity index is 1080. The van der Waals surface area contributed by atoms with Gasteiger partial charge in [-0.1, -0.05) is 15.9 Å². The molecule has 30 heavy (non-hydrogen) atoms. The van der Waals surface area contributed by atoms with Crippen LogP contribution in [0.4, 0.5) is 49.6 Å². The maximum Gasteiger partial charge on any atom is 0.200 e. The van der Waals surface area contributed by atoms with E-state index in [1.54, 1.807) is 0 Å². The molecule has 0 radical (unpaired) electrons. The molecule has 3 aromatic carbocycles. The summed E-state index contributed by atoms with van der Waals surface area (Å²) >= 11 is 2.77. The zero-order valence-electron chi connectivity index (χ0n) is 13.9. The maximum absolute atomic E-state index is 14.2. The molecule has 0 spiro atoms. The van der Waals surface area contributed by atoms with Gasteiger partial charge in [0.2, 0.25) is 11.6 Å². The fraction of sp³-hybridized carbons (Fsp3) is 0. The highest BCUT2D eigenvalue weighted by atomic mass is 79.9. The Morgan fingerprint density at radius 2 is 0.700 bits per heavy atom. The van der Waals surface area contributed by atoms with E-state index in [9.17, 15) is 43.9 Å². The van der Waals surface area contributed by atoms with Crippen LogP contribution in [0.5, 0.6) is 0 Å². The lowest BCUT2D eigenvalue weighted by Gasteiger charge is -2.16. The molecule has 0 aliphatic heterocycles. The van der Waals surface area contributed by atoms with Crippen LogP contribution in [0.25, 0.3) is 22.3 Å². The maximum atomic E-state index is 14.2. The lowest BCUT2D eigenvalue weighted by atomic mass is 9.94. The van der Waals surface area contributed by atoms with Crippen LogP contribution in [-0.2, 0) is 0 Å². The van der Waals surface area contributed by atoms with E-state index >= 15 is 0 Å². The topological polar surface area (TPSA) is 26.0 Å². The summed E-state index contributed by atoms with van der Waals surface area (Å²) in [5.74, 6) is -23.5. The van der Waals surface area contributed by atoms with Crippen LogP contribution in [0.3, 0.4) is 0 Å². The monoisotopic (exact) mass is 503 g/mol. The molecule has 12 heteroatoms. The molecule has 158 valence electrons. The smallest absolute Gasteiger partial charge is 0.200 e. The van der Waals surface area contributed by atoms with Crippen LogP contribution in [0.1, 0.15) is 0 Å². The van der Waals surface area contributed by atoms with E-state index in [1.165, 1.54) is 0 Å². The predicted molar refractivity (Wildman–Crippen MR) is 89.0 cm³/mol. The van der Waals surface area contributed by atoms with E-state index in [2.05, 4.69) is 15.9 Å². The number of benzene rings is 3. The molecule has 0 saturated carbocycles. The molecule has 2 N–H and O–H groups in total. The lowest BCUT2D eigenvalue weighted by molar-refractivity contribution is 0.381. The number of hydrogen-bond donors (Lipinski definition) is 1. The van der Waals surface area contributed by atoms with Crippen molar-refractivity contribution in [3.05, 3.63) is 74.8 Å². The lowest BCUT2D eigenvalue weighted by Crippen LogP contribution is -2.08. The fourth-order valence-corrected chi connectivity index (χ4v) is 3.17. The first-order chi connectivity index (χ1) is 13.9. The van der Waals surface area contributed by atoms with E-state index in [4.69, 9.17) is 5.73 Å². The first kappa shape index (κ1) is 21.9. The van der Waals surface area contributed by atoms with Gasteiger partial charge in [-0.25, -0.2) is 43.9 Å². The molecule has 3 rings (SSSR count). The number of halogens is 11. The second-order valence-electron chi connectivity index (χ2n) is 5.80. The van der Waals surface area contributed by atoms with E-state index < -0.39 is 86.1 Å². The highest BCUT2D eigenvalue weighted by Crippen LogP contribution is 2.43. The third kappa shape index (κ3) is 3.09. The third-order valence-electron chi connectivity index (χ3n) is 4.10. The van der Waals surface area contributed by atoms with Crippen molar-refractivity contribution in [1.29, 1.82) is 0 Å². The second-order valence-corrected chi connectivity index (χ2v) is 6.72. The van der Waals surface area contributed by atoms with E-state index in [-0.39, 0.29) is 4.47 Å². The van der Waals surface area contributed by atoms with Crippen molar-refractivity contribution in [1.82, 2.24) is 0 Å². The second kappa shape index (κ2) is 7.49. The minimum atomic E-state index is -2.47. The van der Waals surface area contributed by atoms with E-state index in [1.807, 2.05) is 0 Å². The highest BCUT2D eigenvalue weighted by molar-refractivity contribution is 9.10. The SMILES string of the molecule is Nc1c(-c2c(F)c(F)c(F)c(F)c2F)cc(Br)cc1-c1c(F)c(F)c(F)c(F)c1F. The number of nitrogen functional groups attached to an aromatic ring is 1. The van der Waals surface area contributed by atoms with Gasteiger partial charge in [0.1, 0.15) is 0 Å². The predicted octanol–water partition coefficient (Wildman–Crippen LogP) is 6.76. The summed E-state index contributed by atoms with van der Waals surface area (Å²) in [5, 5.41) is 0. The summed E-state index contributed by atoms with van der Waals surface area (Å²) < 4.78 is 137. The molecule has 0 fully saturated rings. The molecule has 0 heterocycles. The van der Waals surface area contributed by atoms with E-state index in [0.29, 0.717) is 0 Å². The van der Waals surface area contributed by atoms with Gasteiger partial charge in [-0.15, -0.1) is 0 Å². The van der Waals surface area contributed by atoms with Crippen molar-refractivity contribution in [3.63, 3.8) is 0 Å². The molecular weight excluding hydrogens is 500 g/mol. The quantitative estimate of drug-likeness (QED) is 0.178. The molecule has 0 amide bonds. The molecule has 0 aromatic heterocycles. The first-order valence-corrected chi connectivity index (χ1v) is 8.32. The van der Waals surface area contributed by atoms with Crippen molar-refractivity contribution in [2.24, 2.45) is 0 Å². The van der Waals surface area contributed by atoms with Crippen LogP contribution >= 0.6 is 15.9 Å². The molecule has 0 saturated heterocycles. The molecule has 0 unspecified atom stereocenters. The number of hydrogen-bond acceptors (Lipinski definition) is 1. The van der Waals surface area contributed by atoms with Gasteiger partial charge in [0.25, 0.3) is 0 Å². The Morgan fingerprint density at radius 3 is 0.967 bits per heavy atom. The summed E-state index contributed by atoms with van der Waals surface area (Å²) in [7, 11) is 0. The summed E-state index contributed by atoms with van der Waals surface area (Å²) in [6, 6.07) is 1.48. The van der Waals surface area contributed by atoms with Crippen LogP contribution in [-0.4, -0.2) is 0 Å². The molecular formula is C18H4BrF10N. The Balaban J connectivity index is 2.46. The largest absolute Gasteiger partial charge is 0.398 e. The molecule has 0 atom stereocenters. The first-order valence-electron chi connectivity index (χ1n) is 7.52. The minimum Gasteiger partial charge on any atom is -0.398 e. The minimum absolute atomic E-state index is 0.283. The summed E-state index contributed by atoms with van der Waals surface area (Å²) in [6.07, 6.45) is 0. The van der Waals surface area contributed by atoms with Crippen molar-refractivity contribution < 1.29 is 43.9 Å². The average Bonchev–Trinajstić information content (AvgIpc) is 2.71. The Morgan fingerprint density at radius 1 is 0.467 bits per heavy atom. The molecule has 1 nitrogen and oxygen atoms in total. The summed E-state index contributed by atoms with van der Waals surface area (Å²) in [5.41, 5.74) is -0.422. The van der Waals surface area contributed by atoms with Gasteiger partial charge in [0.05, 0.1) is 11.1 Å². The van der Waals surface area contributed by atoms with Crippen LogP contribution in [0.2, 0.25) is 0 Å². The van der Waals surface area contributed by atoms with Gasteiger partial charge >= 0.3 is 0 Å². The van der Waals surface area contributed by atoms with Crippen molar-refractivity contribution >= 4 is 21.6 Å². The average molecular weight is 504 g/mol. The van der Waals surface area contributed by atoms with Gasteiger partial charge in [-0.2, -0.15) is 0 Å². The number of nitrogens with two attached hydrogens (primary N) is 1. The van der Waals surface area contributed by atoms with Crippen molar-refractivity contribution in [2.75, 3.05) is 5.73 Å². The number of rotatable bonds is 2. The van der Waals surface area contributed by atoms with Gasteiger partial charge in [-0.05, 0) is 12.1 Å². The molecule has 0 aliphatic carbocycles. The molecule has 0 bridgehead atoms. The van der Waals surface area contributed by atoms with Gasteiger partial charge in [0, 0.05) is 21.3 Å². The third-order valence-corrected chi connectivity index (χ3v) is 4.56. The van der Waals surface area contributed by atoms with E-state index in [0.717, 1.165) is 12.1 Å². The molecule has 0 aliphatic rings. The van der Waals surface area contributed by atoms with Gasteiger partial charge < -0.3 is 5.73 Å². The summed E-state index contributed by atoms with van der Waals surface area (Å²) in [4.78, 5) is 0. The highest BCUT2D eigenvalue weighted by Gasteiger charge is 2.31. The Labute approximate surface area is 168 Å². The number of anilines is 1. The van der Waals surface area contributed by atoms with Gasteiger partial charge in [-0.3, -0.25) is 0 Å². The van der Waals surface area contributed by atoms with Crippen molar-refractivity contribution in [2.45, 2.75) is 0 Å².